The number of anilines is 1. The lowest BCUT2D eigenvalue weighted by atomic mass is 9.94. The minimum Gasteiger partial charge on any atom is -0.322 e. The van der Waals surface area contributed by atoms with Gasteiger partial charge in [0.2, 0.25) is 15.9 Å². The number of aryl methyl sites for hydroxylation is 1. The minimum absolute atomic E-state index is 0.0587. The first-order valence-electron chi connectivity index (χ1n) is 10.7. The molecule has 0 bridgehead atoms. The predicted octanol–water partition coefficient (Wildman–Crippen LogP) is 3.35. The van der Waals surface area contributed by atoms with Crippen molar-refractivity contribution in [3.63, 3.8) is 0 Å². The highest BCUT2D eigenvalue weighted by Crippen LogP contribution is 2.35. The lowest BCUT2D eigenvalue weighted by Gasteiger charge is -2.34. The molecule has 1 aromatic carbocycles. The molecule has 182 valence electrons. The molecule has 3 aromatic rings. The molecule has 2 atom stereocenters. The van der Waals surface area contributed by atoms with E-state index in [1.165, 1.54) is 4.31 Å². The van der Waals surface area contributed by atoms with E-state index < -0.39 is 39.7 Å². The Morgan fingerprint density at radius 2 is 1.91 bits per heavy atom. The van der Waals surface area contributed by atoms with Crippen LogP contribution in [0.15, 0.2) is 34.2 Å². The smallest absolute Gasteiger partial charge is 0.263 e. The highest BCUT2D eigenvalue weighted by atomic mass is 32.2. The number of aromatic nitrogens is 2. The van der Waals surface area contributed by atoms with Crippen molar-refractivity contribution in [1.82, 2.24) is 13.9 Å². The number of amides is 1. The van der Waals surface area contributed by atoms with Gasteiger partial charge in [-0.2, -0.15) is 4.31 Å². The van der Waals surface area contributed by atoms with E-state index in [1.54, 1.807) is 6.92 Å². The molecule has 1 saturated heterocycles. The summed E-state index contributed by atoms with van der Waals surface area (Å²) < 4.78 is 56.5. The number of carbonyl (C=O) groups is 1. The van der Waals surface area contributed by atoms with Gasteiger partial charge < -0.3 is 5.32 Å². The largest absolute Gasteiger partial charge is 0.322 e. The van der Waals surface area contributed by atoms with Gasteiger partial charge in [-0.25, -0.2) is 22.2 Å². The van der Waals surface area contributed by atoms with Gasteiger partial charge in [-0.05, 0) is 37.3 Å². The van der Waals surface area contributed by atoms with Gasteiger partial charge in [0.25, 0.3) is 5.56 Å². The number of rotatable bonds is 5. The van der Waals surface area contributed by atoms with E-state index in [2.05, 4.69) is 10.3 Å². The third kappa shape index (κ3) is 4.62. The molecule has 3 heterocycles. The third-order valence-corrected chi connectivity index (χ3v) is 8.90. The number of nitrogens with one attached hydrogen (secondary N) is 1. The zero-order valence-electron chi connectivity index (χ0n) is 18.8. The Morgan fingerprint density at radius 3 is 2.56 bits per heavy atom. The van der Waals surface area contributed by atoms with Crippen molar-refractivity contribution < 1.29 is 22.0 Å². The molecule has 0 aliphatic carbocycles. The van der Waals surface area contributed by atoms with Gasteiger partial charge in [-0.15, -0.1) is 11.3 Å². The second-order valence-electron chi connectivity index (χ2n) is 8.79. The monoisotopic (exact) mass is 510 g/mol. The fourth-order valence-electron chi connectivity index (χ4n) is 4.40. The van der Waals surface area contributed by atoms with Crippen LogP contribution in [0.25, 0.3) is 10.2 Å². The van der Waals surface area contributed by atoms with Crippen LogP contribution in [0.3, 0.4) is 0 Å². The summed E-state index contributed by atoms with van der Waals surface area (Å²) in [5, 5.41) is 2.22. The maximum atomic E-state index is 13.9. The molecule has 8 nitrogen and oxygen atoms in total. The number of piperidine rings is 1. The van der Waals surface area contributed by atoms with Crippen LogP contribution < -0.4 is 10.9 Å². The van der Waals surface area contributed by atoms with Gasteiger partial charge >= 0.3 is 0 Å². The molecule has 1 aliphatic heterocycles. The molecule has 1 aliphatic rings. The molecule has 0 unspecified atom stereocenters. The molecule has 0 spiro atoms. The van der Waals surface area contributed by atoms with Gasteiger partial charge in [0.05, 0.1) is 17.4 Å². The van der Waals surface area contributed by atoms with Crippen LogP contribution in [-0.2, 0) is 21.4 Å². The first-order chi connectivity index (χ1) is 16.0. The highest BCUT2D eigenvalue weighted by Gasteiger charge is 2.35. The molecular formula is C22H24F2N4O4S2. The van der Waals surface area contributed by atoms with Gasteiger partial charge in [-0.3, -0.25) is 14.2 Å². The van der Waals surface area contributed by atoms with Crippen molar-refractivity contribution in [3.8, 4) is 0 Å². The van der Waals surface area contributed by atoms with Crippen LogP contribution in [0, 0.1) is 30.4 Å². The summed E-state index contributed by atoms with van der Waals surface area (Å²) in [5.74, 6) is -2.12. The van der Waals surface area contributed by atoms with Gasteiger partial charge in [0.1, 0.15) is 27.9 Å². The maximum Gasteiger partial charge on any atom is 0.263 e. The van der Waals surface area contributed by atoms with Crippen molar-refractivity contribution in [1.29, 1.82) is 0 Å². The Bertz CT molecular complexity index is 1420. The second-order valence-corrected chi connectivity index (χ2v) is 11.9. The molecular weight excluding hydrogens is 486 g/mol. The number of thiophene rings is 1. The normalized spacial score (nSPS) is 19.4. The summed E-state index contributed by atoms with van der Waals surface area (Å²) >= 11 is 1.10. The Labute approximate surface area is 199 Å². The predicted molar refractivity (Wildman–Crippen MR) is 125 cm³/mol. The van der Waals surface area contributed by atoms with E-state index in [0.717, 1.165) is 40.8 Å². The van der Waals surface area contributed by atoms with Crippen molar-refractivity contribution >= 4 is 43.2 Å². The number of fused-ring (bicyclic) bond motifs is 1. The van der Waals surface area contributed by atoms with Crippen LogP contribution in [0.5, 0.6) is 0 Å². The zero-order chi connectivity index (χ0) is 24.8. The number of sulfonamides is 1. The summed E-state index contributed by atoms with van der Waals surface area (Å²) in [4.78, 5) is 30.5. The van der Waals surface area contributed by atoms with Crippen LogP contribution in [0.2, 0.25) is 0 Å². The lowest BCUT2D eigenvalue weighted by molar-refractivity contribution is -0.116. The molecule has 12 heteroatoms. The van der Waals surface area contributed by atoms with Crippen molar-refractivity contribution in [2.75, 3.05) is 18.4 Å². The zero-order valence-corrected chi connectivity index (χ0v) is 20.5. The van der Waals surface area contributed by atoms with E-state index in [-0.39, 0.29) is 32.6 Å². The number of hydrogen-bond acceptors (Lipinski definition) is 6. The second kappa shape index (κ2) is 9.16. The summed E-state index contributed by atoms with van der Waals surface area (Å²) in [6.07, 6.45) is 2.08. The third-order valence-electron chi connectivity index (χ3n) is 5.75. The lowest BCUT2D eigenvalue weighted by Crippen LogP contribution is -2.42. The van der Waals surface area contributed by atoms with Crippen molar-refractivity contribution in [3.05, 3.63) is 51.4 Å². The first kappa shape index (κ1) is 24.4. The average Bonchev–Trinajstić information content (AvgIpc) is 3.09. The number of halogens is 2. The van der Waals surface area contributed by atoms with Crippen LogP contribution in [-0.4, -0.2) is 41.3 Å². The van der Waals surface area contributed by atoms with E-state index in [9.17, 15) is 26.8 Å². The maximum absolute atomic E-state index is 13.9. The average molecular weight is 511 g/mol. The number of benzene rings is 1. The Balaban J connectivity index is 1.69. The molecule has 1 N–H and O–H groups in total. The Kier molecular flexibility index (Phi) is 6.58. The van der Waals surface area contributed by atoms with Gasteiger partial charge in [0, 0.05) is 24.0 Å². The topological polar surface area (TPSA) is 101 Å². The number of hydrogen-bond donors (Lipinski definition) is 1. The van der Waals surface area contributed by atoms with E-state index in [1.807, 2.05) is 13.8 Å². The summed E-state index contributed by atoms with van der Waals surface area (Å²) in [6.45, 7) is 5.82. The van der Waals surface area contributed by atoms with Gasteiger partial charge in [-0.1, -0.05) is 13.8 Å². The van der Waals surface area contributed by atoms with Crippen LogP contribution >= 0.6 is 11.3 Å². The standard InChI is InChI=1S/C22H24F2N4O4S2/c1-12-6-13(2)9-28(8-12)34(31,32)20-14(3)33-21-19(20)22(30)27(11-25-21)10-18(29)26-17-5-4-15(23)7-16(17)24/h4-5,7,11-13H,6,8-10H2,1-3H3,(H,26,29)/t12-,13-/m0/s1. The minimum atomic E-state index is -3.96. The molecule has 4 rings (SSSR count). The van der Waals surface area contributed by atoms with Crippen molar-refractivity contribution in [2.24, 2.45) is 11.8 Å². The molecule has 1 amide bonds. The molecule has 0 saturated carbocycles. The SMILES string of the molecule is Cc1sc2ncn(CC(=O)Nc3ccc(F)cc3F)c(=O)c2c1S(=O)(=O)N1C[C@@H](C)C[C@H](C)C1. The van der Waals surface area contributed by atoms with E-state index >= 15 is 0 Å². The number of nitrogens with zero attached hydrogens (tertiary/aromatic N) is 3. The van der Waals surface area contributed by atoms with Crippen LogP contribution in [0.4, 0.5) is 14.5 Å². The molecule has 1 fully saturated rings. The number of carbonyl (C=O) groups excluding carboxylic acids is 1. The highest BCUT2D eigenvalue weighted by molar-refractivity contribution is 7.89. The van der Waals surface area contributed by atoms with E-state index in [4.69, 9.17) is 0 Å². The molecule has 0 radical (unpaired) electrons. The quantitative estimate of drug-likeness (QED) is 0.567. The van der Waals surface area contributed by atoms with E-state index in [0.29, 0.717) is 24.0 Å². The van der Waals surface area contributed by atoms with Crippen molar-refractivity contribution in [2.45, 2.75) is 38.6 Å². The fourth-order valence-corrected chi connectivity index (χ4v) is 7.75. The molecule has 2 aromatic heterocycles. The Morgan fingerprint density at radius 1 is 1.24 bits per heavy atom. The molecule has 34 heavy (non-hydrogen) atoms. The van der Waals surface area contributed by atoms with Gasteiger partial charge in [0.15, 0.2) is 0 Å². The Hall–Kier alpha value is -2.70. The fraction of sp³-hybridized carbons (Fsp3) is 0.409. The summed E-state index contributed by atoms with van der Waals surface area (Å²) in [7, 11) is -3.96. The summed E-state index contributed by atoms with van der Waals surface area (Å²) in [5.41, 5.74) is -0.919. The summed E-state index contributed by atoms with van der Waals surface area (Å²) in [6, 6.07) is 2.69. The first-order valence-corrected chi connectivity index (χ1v) is 13.0. The van der Waals surface area contributed by atoms with Crippen LogP contribution in [0.1, 0.15) is 25.1 Å².